The molecule has 114 valence electrons. The zero-order valence-electron chi connectivity index (χ0n) is 12.7. The number of fused-ring (bicyclic) bond motifs is 2. The van der Waals surface area contributed by atoms with Crippen LogP contribution in [0, 0.1) is 5.92 Å². The minimum absolute atomic E-state index is 0.193. The molecule has 2 bridgehead atoms. The van der Waals surface area contributed by atoms with E-state index in [0.717, 1.165) is 12.8 Å². The molecule has 1 N–H and O–H groups in total. The van der Waals surface area contributed by atoms with Gasteiger partial charge >= 0.3 is 0 Å². The lowest BCUT2D eigenvalue weighted by Gasteiger charge is -2.28. The predicted molar refractivity (Wildman–Crippen MR) is 81.2 cm³/mol. The van der Waals surface area contributed by atoms with Gasteiger partial charge in [0, 0.05) is 30.1 Å². The number of hydrogen-bond donors (Lipinski definition) is 1. The maximum atomic E-state index is 12.6. The molecule has 0 aromatic heterocycles. The van der Waals surface area contributed by atoms with Crippen LogP contribution >= 0.6 is 0 Å². The zero-order chi connectivity index (χ0) is 14.8. The van der Waals surface area contributed by atoms with Gasteiger partial charge in [0.1, 0.15) is 11.5 Å². The van der Waals surface area contributed by atoms with Crippen molar-refractivity contribution >= 4 is 5.78 Å². The summed E-state index contributed by atoms with van der Waals surface area (Å²) in [6.45, 7) is 0. The van der Waals surface area contributed by atoms with Gasteiger partial charge in [-0.05, 0) is 43.7 Å². The van der Waals surface area contributed by atoms with Gasteiger partial charge in [0.15, 0.2) is 5.78 Å². The Balaban J connectivity index is 1.70. The molecular formula is C17H23NO3. The highest BCUT2D eigenvalue weighted by Crippen LogP contribution is 2.34. The Kier molecular flexibility index (Phi) is 4.15. The van der Waals surface area contributed by atoms with E-state index in [2.05, 4.69) is 5.32 Å². The van der Waals surface area contributed by atoms with Gasteiger partial charge in [-0.15, -0.1) is 0 Å². The maximum Gasteiger partial charge on any atom is 0.163 e. The molecule has 4 nitrogen and oxygen atoms in total. The molecule has 1 aromatic rings. The molecule has 2 unspecified atom stereocenters. The van der Waals surface area contributed by atoms with Crippen molar-refractivity contribution in [1.29, 1.82) is 0 Å². The highest BCUT2D eigenvalue weighted by atomic mass is 16.5. The number of Topliss-reactive ketones (excluding diaryl/α,β-unsaturated/α-hetero) is 1. The van der Waals surface area contributed by atoms with Crippen LogP contribution in [0.25, 0.3) is 0 Å². The topological polar surface area (TPSA) is 47.6 Å². The smallest absolute Gasteiger partial charge is 0.163 e. The molecule has 1 aromatic carbocycles. The van der Waals surface area contributed by atoms with Crippen LogP contribution in [-0.2, 0) is 0 Å². The Bertz CT molecular complexity index is 495. The fourth-order valence-corrected chi connectivity index (χ4v) is 3.69. The van der Waals surface area contributed by atoms with Crippen LogP contribution in [0.1, 0.15) is 42.5 Å². The van der Waals surface area contributed by atoms with E-state index in [1.807, 2.05) is 0 Å². The first kappa shape index (κ1) is 14.4. The summed E-state index contributed by atoms with van der Waals surface area (Å²) in [7, 11) is 3.21. The average Bonchev–Trinajstić information content (AvgIpc) is 2.85. The van der Waals surface area contributed by atoms with Gasteiger partial charge in [0.2, 0.25) is 0 Å². The van der Waals surface area contributed by atoms with Gasteiger partial charge in [0.25, 0.3) is 0 Å². The summed E-state index contributed by atoms with van der Waals surface area (Å²) in [4.78, 5) is 12.6. The summed E-state index contributed by atoms with van der Waals surface area (Å²) in [6.07, 6.45) is 5.42. The predicted octanol–water partition coefficient (Wildman–Crippen LogP) is 2.81. The molecule has 21 heavy (non-hydrogen) atoms. The van der Waals surface area contributed by atoms with E-state index in [0.29, 0.717) is 41.5 Å². The molecule has 4 heteroatoms. The van der Waals surface area contributed by atoms with E-state index in [9.17, 15) is 4.79 Å². The number of nitrogens with one attached hydrogen (secondary N) is 1. The van der Waals surface area contributed by atoms with Gasteiger partial charge in [-0.25, -0.2) is 0 Å². The fraction of sp³-hybridized carbons (Fsp3) is 0.588. The number of benzene rings is 1. The molecule has 0 saturated carbocycles. The van der Waals surface area contributed by atoms with Crippen LogP contribution in [0.3, 0.4) is 0 Å². The molecule has 0 spiro atoms. The summed E-state index contributed by atoms with van der Waals surface area (Å²) in [5, 5.41) is 3.62. The molecular weight excluding hydrogens is 266 g/mol. The third-order valence-corrected chi connectivity index (χ3v) is 4.72. The second kappa shape index (κ2) is 6.06. The lowest BCUT2D eigenvalue weighted by atomic mass is 9.87. The Labute approximate surface area is 125 Å². The SMILES string of the molecule is COc1cc(OC)cc(C(=O)CC2CC3CCC(C2)N3)c1. The number of rotatable bonds is 5. The number of carbonyl (C=O) groups is 1. The van der Waals surface area contributed by atoms with Crippen LogP contribution < -0.4 is 14.8 Å². The second-order valence-electron chi connectivity index (χ2n) is 6.20. The normalized spacial score (nSPS) is 27.4. The average molecular weight is 289 g/mol. The van der Waals surface area contributed by atoms with E-state index in [1.165, 1.54) is 12.8 Å². The highest BCUT2D eigenvalue weighted by molar-refractivity contribution is 5.97. The van der Waals surface area contributed by atoms with Crippen molar-refractivity contribution in [3.63, 3.8) is 0 Å². The van der Waals surface area contributed by atoms with E-state index < -0.39 is 0 Å². The lowest BCUT2D eigenvalue weighted by molar-refractivity contribution is 0.0945. The molecule has 2 atom stereocenters. The van der Waals surface area contributed by atoms with Crippen LogP contribution in [0.5, 0.6) is 11.5 Å². The summed E-state index contributed by atoms with van der Waals surface area (Å²) in [5.41, 5.74) is 0.692. The van der Waals surface area contributed by atoms with Gasteiger partial charge in [0.05, 0.1) is 14.2 Å². The van der Waals surface area contributed by atoms with Crippen molar-refractivity contribution < 1.29 is 14.3 Å². The highest BCUT2D eigenvalue weighted by Gasteiger charge is 2.34. The first-order valence-corrected chi connectivity index (χ1v) is 7.70. The molecule has 2 fully saturated rings. The van der Waals surface area contributed by atoms with E-state index in [4.69, 9.17) is 9.47 Å². The van der Waals surface area contributed by atoms with Crippen molar-refractivity contribution in [3.05, 3.63) is 23.8 Å². The van der Waals surface area contributed by atoms with Gasteiger partial charge in [-0.1, -0.05) is 0 Å². The largest absolute Gasteiger partial charge is 0.497 e. The zero-order valence-corrected chi connectivity index (χ0v) is 12.7. The van der Waals surface area contributed by atoms with Crippen molar-refractivity contribution in [3.8, 4) is 11.5 Å². The molecule has 2 saturated heterocycles. The van der Waals surface area contributed by atoms with E-state index in [1.54, 1.807) is 32.4 Å². The Morgan fingerprint density at radius 1 is 1.10 bits per heavy atom. The molecule has 0 aliphatic carbocycles. The van der Waals surface area contributed by atoms with E-state index >= 15 is 0 Å². The molecule has 2 heterocycles. The van der Waals surface area contributed by atoms with Crippen molar-refractivity contribution in [1.82, 2.24) is 5.32 Å². The third-order valence-electron chi connectivity index (χ3n) is 4.72. The number of ether oxygens (including phenoxy) is 2. The monoisotopic (exact) mass is 289 g/mol. The lowest BCUT2D eigenvalue weighted by Crippen LogP contribution is -2.38. The number of piperidine rings is 1. The van der Waals surface area contributed by atoms with E-state index in [-0.39, 0.29) is 5.78 Å². The van der Waals surface area contributed by atoms with Crippen LogP contribution in [0.15, 0.2) is 18.2 Å². The standard InChI is InChI=1S/C17H23NO3/c1-20-15-8-12(9-16(10-15)21-2)17(19)7-11-5-13-3-4-14(6-11)18-13/h8-11,13-14,18H,3-7H2,1-2H3. The quantitative estimate of drug-likeness (QED) is 0.847. The second-order valence-corrected chi connectivity index (χ2v) is 6.20. The first-order chi connectivity index (χ1) is 10.2. The van der Waals surface area contributed by atoms with Crippen molar-refractivity contribution in [2.24, 2.45) is 5.92 Å². The third kappa shape index (κ3) is 3.21. The Morgan fingerprint density at radius 3 is 2.19 bits per heavy atom. The van der Waals surface area contributed by atoms with Crippen LogP contribution in [-0.4, -0.2) is 32.1 Å². The number of hydrogen-bond acceptors (Lipinski definition) is 4. The molecule has 3 rings (SSSR count). The fourth-order valence-electron chi connectivity index (χ4n) is 3.69. The van der Waals surface area contributed by atoms with Crippen molar-refractivity contribution in [2.45, 2.75) is 44.2 Å². The van der Waals surface area contributed by atoms with Gasteiger partial charge in [-0.2, -0.15) is 0 Å². The van der Waals surface area contributed by atoms with Crippen LogP contribution in [0.2, 0.25) is 0 Å². The van der Waals surface area contributed by atoms with Crippen molar-refractivity contribution in [2.75, 3.05) is 14.2 Å². The molecule has 2 aliphatic heterocycles. The summed E-state index contributed by atoms with van der Waals surface area (Å²) < 4.78 is 10.5. The summed E-state index contributed by atoms with van der Waals surface area (Å²) >= 11 is 0. The first-order valence-electron chi connectivity index (χ1n) is 7.70. The van der Waals surface area contributed by atoms with Gasteiger partial charge < -0.3 is 14.8 Å². The van der Waals surface area contributed by atoms with Gasteiger partial charge in [-0.3, -0.25) is 4.79 Å². The molecule has 0 radical (unpaired) electrons. The Morgan fingerprint density at radius 2 is 1.67 bits per heavy atom. The minimum Gasteiger partial charge on any atom is -0.497 e. The summed E-state index contributed by atoms with van der Waals surface area (Å²) in [5.74, 6) is 2.04. The molecule has 0 amide bonds. The Hall–Kier alpha value is -1.55. The van der Waals surface area contributed by atoms with Crippen LogP contribution in [0.4, 0.5) is 0 Å². The minimum atomic E-state index is 0.193. The number of ketones is 1. The molecule has 2 aliphatic rings. The maximum absolute atomic E-state index is 12.6. The number of carbonyl (C=O) groups excluding carboxylic acids is 1. The number of methoxy groups -OCH3 is 2. The summed E-state index contributed by atoms with van der Waals surface area (Å²) in [6, 6.07) is 6.66.